The van der Waals surface area contributed by atoms with Crippen LogP contribution in [0.1, 0.15) is 12.0 Å². The molecule has 2 N–H and O–H groups in total. The maximum absolute atomic E-state index is 14.0. The number of rotatable bonds is 5. The molecule has 0 atom stereocenters. The Morgan fingerprint density at radius 1 is 1.21 bits per heavy atom. The molecule has 0 saturated heterocycles. The minimum absolute atomic E-state index is 0.246. The first-order valence-corrected chi connectivity index (χ1v) is 6.38. The molecule has 0 bridgehead atoms. The third kappa shape index (κ3) is 3.09. The number of nitrogens with zero attached hydrogens (tertiary/aromatic N) is 2. The minimum atomic E-state index is -0.246. The van der Waals surface area contributed by atoms with E-state index < -0.39 is 0 Å². The SMILES string of the molecule is Cc1cccnc1N(CCCN)c1ccccc1F. The number of anilines is 2. The minimum Gasteiger partial charge on any atom is -0.330 e. The van der Waals surface area contributed by atoms with Crippen molar-refractivity contribution in [2.24, 2.45) is 5.73 Å². The summed E-state index contributed by atoms with van der Waals surface area (Å²) in [5, 5.41) is 0. The molecule has 1 heterocycles. The Kier molecular flexibility index (Phi) is 4.47. The molecule has 4 heteroatoms. The molecule has 3 nitrogen and oxygen atoms in total. The quantitative estimate of drug-likeness (QED) is 0.897. The molecule has 0 saturated carbocycles. The van der Waals surface area contributed by atoms with E-state index in [1.165, 1.54) is 6.07 Å². The van der Waals surface area contributed by atoms with E-state index >= 15 is 0 Å². The Labute approximate surface area is 112 Å². The normalized spacial score (nSPS) is 10.5. The fraction of sp³-hybridized carbons (Fsp3) is 0.267. The number of pyridine rings is 1. The molecule has 19 heavy (non-hydrogen) atoms. The summed E-state index contributed by atoms with van der Waals surface area (Å²) in [6, 6.07) is 10.6. The van der Waals surface area contributed by atoms with Crippen LogP contribution < -0.4 is 10.6 Å². The molecule has 1 aromatic carbocycles. The number of nitrogens with two attached hydrogens (primary N) is 1. The zero-order valence-corrected chi connectivity index (χ0v) is 11.0. The van der Waals surface area contributed by atoms with Gasteiger partial charge in [-0.25, -0.2) is 9.37 Å². The standard InChI is InChI=1S/C15H18FN3/c1-12-6-4-10-18-15(12)19(11-5-9-17)14-8-3-2-7-13(14)16/h2-4,6-8,10H,5,9,11,17H2,1H3. The highest BCUT2D eigenvalue weighted by molar-refractivity contribution is 5.63. The first-order valence-electron chi connectivity index (χ1n) is 6.38. The van der Waals surface area contributed by atoms with Crippen molar-refractivity contribution >= 4 is 11.5 Å². The number of halogens is 1. The predicted octanol–water partition coefficient (Wildman–Crippen LogP) is 3.02. The second-order valence-corrected chi connectivity index (χ2v) is 4.39. The van der Waals surface area contributed by atoms with Crippen LogP contribution in [0.3, 0.4) is 0 Å². The molecule has 100 valence electrons. The van der Waals surface area contributed by atoms with Crippen molar-refractivity contribution in [3.05, 3.63) is 54.0 Å². The first kappa shape index (κ1) is 13.5. The smallest absolute Gasteiger partial charge is 0.146 e. The lowest BCUT2D eigenvalue weighted by molar-refractivity contribution is 0.622. The summed E-state index contributed by atoms with van der Waals surface area (Å²) >= 11 is 0. The van der Waals surface area contributed by atoms with Crippen molar-refractivity contribution in [2.45, 2.75) is 13.3 Å². The summed E-state index contributed by atoms with van der Waals surface area (Å²) in [4.78, 5) is 6.25. The van der Waals surface area contributed by atoms with E-state index in [9.17, 15) is 4.39 Å². The zero-order chi connectivity index (χ0) is 13.7. The highest BCUT2D eigenvalue weighted by Crippen LogP contribution is 2.28. The number of aromatic nitrogens is 1. The summed E-state index contributed by atoms with van der Waals surface area (Å²) in [7, 11) is 0. The predicted molar refractivity (Wildman–Crippen MR) is 76.1 cm³/mol. The van der Waals surface area contributed by atoms with Crippen LogP contribution >= 0.6 is 0 Å². The van der Waals surface area contributed by atoms with Gasteiger partial charge in [-0.05, 0) is 43.7 Å². The lowest BCUT2D eigenvalue weighted by Crippen LogP contribution is -2.23. The van der Waals surface area contributed by atoms with E-state index in [2.05, 4.69) is 4.98 Å². The Morgan fingerprint density at radius 2 is 2.00 bits per heavy atom. The molecular weight excluding hydrogens is 241 g/mol. The number of benzene rings is 1. The van der Waals surface area contributed by atoms with Crippen molar-refractivity contribution in [3.8, 4) is 0 Å². The molecule has 0 unspecified atom stereocenters. The zero-order valence-electron chi connectivity index (χ0n) is 11.0. The van der Waals surface area contributed by atoms with Crippen LogP contribution in [0.15, 0.2) is 42.6 Å². The number of hydrogen-bond acceptors (Lipinski definition) is 3. The van der Waals surface area contributed by atoms with Gasteiger partial charge in [-0.2, -0.15) is 0 Å². The Hall–Kier alpha value is -1.94. The van der Waals surface area contributed by atoms with Crippen molar-refractivity contribution in [1.29, 1.82) is 0 Å². The Bertz CT molecular complexity index is 497. The maximum Gasteiger partial charge on any atom is 0.146 e. The van der Waals surface area contributed by atoms with Crippen LogP contribution in [-0.2, 0) is 0 Å². The number of aryl methyl sites for hydroxylation is 1. The van der Waals surface area contributed by atoms with E-state index in [4.69, 9.17) is 5.73 Å². The average Bonchev–Trinajstić information content (AvgIpc) is 2.42. The van der Waals surface area contributed by atoms with Gasteiger partial charge >= 0.3 is 0 Å². The highest BCUT2D eigenvalue weighted by Gasteiger charge is 2.15. The lowest BCUT2D eigenvalue weighted by atomic mass is 10.2. The molecule has 0 aliphatic carbocycles. The molecule has 0 aliphatic heterocycles. The van der Waals surface area contributed by atoms with E-state index in [0.29, 0.717) is 18.8 Å². The molecule has 0 radical (unpaired) electrons. The fourth-order valence-electron chi connectivity index (χ4n) is 2.02. The molecule has 0 aliphatic rings. The van der Waals surface area contributed by atoms with E-state index in [1.54, 1.807) is 18.3 Å². The number of para-hydroxylation sites is 1. The van der Waals surface area contributed by atoms with Crippen LogP contribution in [-0.4, -0.2) is 18.1 Å². The molecule has 0 amide bonds. The second kappa shape index (κ2) is 6.29. The Morgan fingerprint density at radius 3 is 2.68 bits per heavy atom. The van der Waals surface area contributed by atoms with Crippen LogP contribution in [0, 0.1) is 12.7 Å². The van der Waals surface area contributed by atoms with Crippen molar-refractivity contribution in [2.75, 3.05) is 18.0 Å². The van der Waals surface area contributed by atoms with Gasteiger partial charge in [0, 0.05) is 12.7 Å². The molecule has 0 spiro atoms. The summed E-state index contributed by atoms with van der Waals surface area (Å²) in [5.74, 6) is 0.533. The monoisotopic (exact) mass is 259 g/mol. The lowest BCUT2D eigenvalue weighted by Gasteiger charge is -2.25. The largest absolute Gasteiger partial charge is 0.330 e. The third-order valence-electron chi connectivity index (χ3n) is 2.97. The van der Waals surface area contributed by atoms with Gasteiger partial charge in [-0.15, -0.1) is 0 Å². The summed E-state index contributed by atoms with van der Waals surface area (Å²) < 4.78 is 14.0. The van der Waals surface area contributed by atoms with Crippen molar-refractivity contribution < 1.29 is 4.39 Å². The van der Waals surface area contributed by atoms with Gasteiger partial charge in [-0.1, -0.05) is 18.2 Å². The van der Waals surface area contributed by atoms with E-state index in [0.717, 1.165) is 17.8 Å². The Balaban J connectivity index is 2.42. The molecule has 2 rings (SSSR count). The molecule has 1 aromatic heterocycles. The van der Waals surface area contributed by atoms with E-state index in [1.807, 2.05) is 30.0 Å². The topological polar surface area (TPSA) is 42.2 Å². The van der Waals surface area contributed by atoms with Crippen LogP contribution in [0.2, 0.25) is 0 Å². The molecule has 0 fully saturated rings. The second-order valence-electron chi connectivity index (χ2n) is 4.39. The fourth-order valence-corrected chi connectivity index (χ4v) is 2.02. The van der Waals surface area contributed by atoms with Crippen LogP contribution in [0.25, 0.3) is 0 Å². The van der Waals surface area contributed by atoms with Gasteiger partial charge < -0.3 is 10.6 Å². The van der Waals surface area contributed by atoms with Crippen molar-refractivity contribution in [3.63, 3.8) is 0 Å². The third-order valence-corrected chi connectivity index (χ3v) is 2.97. The van der Waals surface area contributed by atoms with Gasteiger partial charge in [0.1, 0.15) is 11.6 Å². The number of hydrogen-bond donors (Lipinski definition) is 1. The van der Waals surface area contributed by atoms with Gasteiger partial charge in [0.05, 0.1) is 5.69 Å². The highest BCUT2D eigenvalue weighted by atomic mass is 19.1. The summed E-state index contributed by atoms with van der Waals surface area (Å²) in [5.41, 5.74) is 7.12. The molecule has 2 aromatic rings. The summed E-state index contributed by atoms with van der Waals surface area (Å²) in [6.45, 7) is 3.19. The van der Waals surface area contributed by atoms with Crippen LogP contribution in [0.4, 0.5) is 15.9 Å². The van der Waals surface area contributed by atoms with Gasteiger partial charge in [0.25, 0.3) is 0 Å². The first-order chi connectivity index (χ1) is 9.24. The summed E-state index contributed by atoms with van der Waals surface area (Å²) in [6.07, 6.45) is 2.50. The molecular formula is C15H18FN3. The van der Waals surface area contributed by atoms with Gasteiger partial charge in [0.2, 0.25) is 0 Å². The van der Waals surface area contributed by atoms with Gasteiger partial charge in [-0.3, -0.25) is 0 Å². The maximum atomic E-state index is 14.0. The van der Waals surface area contributed by atoms with Crippen molar-refractivity contribution in [1.82, 2.24) is 4.98 Å². The van der Waals surface area contributed by atoms with E-state index in [-0.39, 0.29) is 5.82 Å². The van der Waals surface area contributed by atoms with Crippen LogP contribution in [0.5, 0.6) is 0 Å². The average molecular weight is 259 g/mol. The van der Waals surface area contributed by atoms with Gasteiger partial charge in [0.15, 0.2) is 0 Å².